The van der Waals surface area contributed by atoms with Crippen LogP contribution >= 0.6 is 0 Å². The molecule has 2 aromatic carbocycles. The number of imide groups is 1. The number of nitrogens with zero attached hydrogens (tertiary/aromatic N) is 2. The molecule has 0 aromatic heterocycles. The molecule has 5 rings (SSSR count). The van der Waals surface area contributed by atoms with Crippen LogP contribution < -0.4 is 0 Å². The molecule has 154 valence electrons. The summed E-state index contributed by atoms with van der Waals surface area (Å²) < 4.78 is 13.4. The Balaban J connectivity index is 1.48. The Kier molecular flexibility index (Phi) is 4.65. The number of fused-ring (bicyclic) bond motifs is 1. The number of likely N-dealkylation sites (tertiary alicyclic amines) is 1. The zero-order chi connectivity index (χ0) is 20.8. The molecule has 5 nitrogen and oxygen atoms in total. The Morgan fingerprint density at radius 1 is 0.800 bits per heavy atom. The van der Waals surface area contributed by atoms with E-state index < -0.39 is 6.04 Å². The van der Waals surface area contributed by atoms with Crippen molar-refractivity contribution in [2.75, 3.05) is 6.54 Å². The van der Waals surface area contributed by atoms with Gasteiger partial charge in [0.25, 0.3) is 11.8 Å². The minimum absolute atomic E-state index is 0.168. The Morgan fingerprint density at radius 2 is 1.40 bits per heavy atom. The predicted molar refractivity (Wildman–Crippen MR) is 108 cm³/mol. The number of carbonyl (C=O) groups is 3. The van der Waals surface area contributed by atoms with Gasteiger partial charge in [0.05, 0.1) is 17.2 Å². The van der Waals surface area contributed by atoms with Crippen molar-refractivity contribution in [2.45, 2.75) is 44.2 Å². The van der Waals surface area contributed by atoms with Crippen molar-refractivity contribution in [3.05, 3.63) is 71.0 Å². The van der Waals surface area contributed by atoms with Crippen molar-refractivity contribution in [3.63, 3.8) is 0 Å². The molecule has 0 spiro atoms. The van der Waals surface area contributed by atoms with Gasteiger partial charge in [-0.1, -0.05) is 24.3 Å². The molecule has 2 heterocycles. The summed E-state index contributed by atoms with van der Waals surface area (Å²) in [6.07, 6.45) is 4.04. The van der Waals surface area contributed by atoms with Gasteiger partial charge < -0.3 is 4.90 Å². The lowest BCUT2D eigenvalue weighted by Crippen LogP contribution is -2.51. The zero-order valence-electron chi connectivity index (χ0n) is 16.6. The first-order chi connectivity index (χ1) is 14.5. The fourth-order valence-electron chi connectivity index (χ4n) is 4.69. The summed E-state index contributed by atoms with van der Waals surface area (Å²) >= 11 is 0. The van der Waals surface area contributed by atoms with Crippen LogP contribution in [-0.4, -0.2) is 40.1 Å². The molecule has 3 aliphatic rings. The average molecular weight is 406 g/mol. The van der Waals surface area contributed by atoms with Crippen LogP contribution in [0.5, 0.6) is 0 Å². The van der Waals surface area contributed by atoms with Crippen LogP contribution in [0.3, 0.4) is 0 Å². The Bertz CT molecular complexity index is 980. The highest BCUT2D eigenvalue weighted by atomic mass is 19.1. The van der Waals surface area contributed by atoms with Crippen molar-refractivity contribution in [2.24, 2.45) is 5.92 Å². The third-order valence-electron chi connectivity index (χ3n) is 6.44. The van der Waals surface area contributed by atoms with E-state index in [-0.39, 0.29) is 29.6 Å². The Labute approximate surface area is 174 Å². The number of halogens is 1. The third kappa shape index (κ3) is 3.20. The molecular formula is C24H23FN2O3. The van der Waals surface area contributed by atoms with Gasteiger partial charge in [0.2, 0.25) is 5.91 Å². The molecule has 2 atom stereocenters. The normalized spacial score (nSPS) is 24.2. The number of rotatable bonds is 4. The van der Waals surface area contributed by atoms with E-state index in [9.17, 15) is 18.8 Å². The highest BCUT2D eigenvalue weighted by Gasteiger charge is 2.46. The summed E-state index contributed by atoms with van der Waals surface area (Å²) in [5.41, 5.74) is 1.63. The molecule has 1 saturated heterocycles. The first-order valence-electron chi connectivity index (χ1n) is 10.6. The molecule has 2 fully saturated rings. The molecule has 6 heteroatoms. The van der Waals surface area contributed by atoms with Gasteiger partial charge in [0.1, 0.15) is 11.9 Å². The minimum Gasteiger partial charge on any atom is -0.334 e. The van der Waals surface area contributed by atoms with Gasteiger partial charge in [0, 0.05) is 6.54 Å². The predicted octanol–water partition coefficient (Wildman–Crippen LogP) is 3.95. The standard InChI is InChI=1S/C24H23FN2O3/c25-17-12-10-16(11-13-17)20-6-3-7-21(24(30)26(20)14-15-8-9-15)27-22(28)18-4-1-2-5-19(18)23(27)29/h1-2,4-5,10-13,15,20-21H,3,6-9,14H2/t20-,21+/m0/s1. The molecule has 0 bridgehead atoms. The van der Waals surface area contributed by atoms with Crippen LogP contribution in [0.4, 0.5) is 4.39 Å². The van der Waals surface area contributed by atoms with E-state index in [2.05, 4.69) is 0 Å². The van der Waals surface area contributed by atoms with Crippen molar-refractivity contribution in [1.29, 1.82) is 0 Å². The fourth-order valence-corrected chi connectivity index (χ4v) is 4.69. The lowest BCUT2D eigenvalue weighted by atomic mass is 10.0. The fraction of sp³-hybridized carbons (Fsp3) is 0.375. The summed E-state index contributed by atoms with van der Waals surface area (Å²) in [5, 5.41) is 0. The van der Waals surface area contributed by atoms with Crippen LogP contribution in [0.1, 0.15) is 64.4 Å². The molecular weight excluding hydrogens is 383 g/mol. The maximum atomic E-state index is 13.7. The number of benzene rings is 2. The van der Waals surface area contributed by atoms with E-state index >= 15 is 0 Å². The average Bonchev–Trinajstić information content (AvgIpc) is 3.56. The summed E-state index contributed by atoms with van der Waals surface area (Å²) in [6.45, 7) is 0.612. The maximum Gasteiger partial charge on any atom is 0.262 e. The van der Waals surface area contributed by atoms with E-state index in [1.165, 1.54) is 17.0 Å². The van der Waals surface area contributed by atoms with Gasteiger partial charge in [-0.05, 0) is 67.9 Å². The number of hydrogen-bond acceptors (Lipinski definition) is 3. The third-order valence-corrected chi connectivity index (χ3v) is 6.44. The number of amides is 3. The number of hydrogen-bond donors (Lipinski definition) is 0. The molecule has 1 aliphatic carbocycles. The van der Waals surface area contributed by atoms with Crippen LogP contribution in [0.2, 0.25) is 0 Å². The first-order valence-corrected chi connectivity index (χ1v) is 10.6. The molecule has 0 unspecified atom stereocenters. The van der Waals surface area contributed by atoms with E-state index in [4.69, 9.17) is 0 Å². The monoisotopic (exact) mass is 406 g/mol. The minimum atomic E-state index is -0.790. The van der Waals surface area contributed by atoms with E-state index in [0.717, 1.165) is 24.8 Å². The second-order valence-corrected chi connectivity index (χ2v) is 8.47. The summed E-state index contributed by atoms with van der Waals surface area (Å²) in [4.78, 5) is 42.7. The molecule has 0 N–H and O–H groups in total. The lowest BCUT2D eigenvalue weighted by molar-refractivity contribution is -0.137. The summed E-state index contributed by atoms with van der Waals surface area (Å²) in [5.74, 6) is -0.807. The van der Waals surface area contributed by atoms with E-state index in [1.54, 1.807) is 36.4 Å². The molecule has 2 aliphatic heterocycles. The second kappa shape index (κ2) is 7.35. The molecule has 1 saturated carbocycles. The number of carbonyl (C=O) groups excluding carboxylic acids is 3. The van der Waals surface area contributed by atoms with Gasteiger partial charge in [0.15, 0.2) is 0 Å². The van der Waals surface area contributed by atoms with Crippen molar-refractivity contribution in [1.82, 2.24) is 9.80 Å². The van der Waals surface area contributed by atoms with Gasteiger partial charge in [-0.15, -0.1) is 0 Å². The van der Waals surface area contributed by atoms with Gasteiger partial charge >= 0.3 is 0 Å². The van der Waals surface area contributed by atoms with Crippen molar-refractivity contribution < 1.29 is 18.8 Å². The van der Waals surface area contributed by atoms with Crippen molar-refractivity contribution >= 4 is 17.7 Å². The Morgan fingerprint density at radius 3 is 2.00 bits per heavy atom. The highest BCUT2D eigenvalue weighted by Crippen LogP contribution is 2.39. The molecule has 0 radical (unpaired) electrons. The quantitative estimate of drug-likeness (QED) is 0.723. The largest absolute Gasteiger partial charge is 0.334 e. The van der Waals surface area contributed by atoms with Crippen LogP contribution in [0.25, 0.3) is 0 Å². The summed E-state index contributed by atoms with van der Waals surface area (Å²) in [6, 6.07) is 12.1. The van der Waals surface area contributed by atoms with Gasteiger partial charge in [-0.25, -0.2) is 4.39 Å². The molecule has 30 heavy (non-hydrogen) atoms. The van der Waals surface area contributed by atoms with Crippen molar-refractivity contribution in [3.8, 4) is 0 Å². The summed E-state index contributed by atoms with van der Waals surface area (Å²) in [7, 11) is 0. The van der Waals surface area contributed by atoms with Crippen LogP contribution in [-0.2, 0) is 4.79 Å². The van der Waals surface area contributed by atoms with Crippen LogP contribution in [0.15, 0.2) is 48.5 Å². The molecule has 2 aromatic rings. The SMILES string of the molecule is O=C1[C@H](N2C(=O)c3ccccc3C2=O)CCC[C@@H](c2ccc(F)cc2)N1CC1CC1. The lowest BCUT2D eigenvalue weighted by Gasteiger charge is -2.34. The topological polar surface area (TPSA) is 57.7 Å². The van der Waals surface area contributed by atoms with E-state index in [1.807, 2.05) is 4.90 Å². The van der Waals surface area contributed by atoms with Crippen LogP contribution in [0, 0.1) is 11.7 Å². The highest BCUT2D eigenvalue weighted by molar-refractivity contribution is 6.22. The first kappa shape index (κ1) is 19.0. The molecule has 3 amide bonds. The Hall–Kier alpha value is -3.02. The maximum absolute atomic E-state index is 13.7. The zero-order valence-corrected chi connectivity index (χ0v) is 16.6. The smallest absolute Gasteiger partial charge is 0.262 e. The van der Waals surface area contributed by atoms with E-state index in [0.29, 0.717) is 36.4 Å². The van der Waals surface area contributed by atoms with Gasteiger partial charge in [-0.2, -0.15) is 0 Å². The second-order valence-electron chi connectivity index (χ2n) is 8.47. The van der Waals surface area contributed by atoms with Gasteiger partial charge in [-0.3, -0.25) is 19.3 Å².